The van der Waals surface area contributed by atoms with E-state index in [1.54, 1.807) is 26.0 Å². The van der Waals surface area contributed by atoms with Crippen molar-refractivity contribution in [1.29, 1.82) is 0 Å². The maximum absolute atomic E-state index is 13.5. The molecule has 0 aliphatic heterocycles. The summed E-state index contributed by atoms with van der Waals surface area (Å²) in [4.78, 5) is 10.7. The fraction of sp³-hybridized carbons (Fsp3) is 0.267. The maximum atomic E-state index is 13.5. The number of furan rings is 1. The Hall–Kier alpha value is -2.14. The zero-order chi connectivity index (χ0) is 14.7. The van der Waals surface area contributed by atoms with Crippen molar-refractivity contribution in [2.75, 3.05) is 0 Å². The van der Waals surface area contributed by atoms with E-state index in [-0.39, 0.29) is 11.4 Å². The fourth-order valence-corrected chi connectivity index (χ4v) is 2.05. The molecule has 5 heteroatoms. The van der Waals surface area contributed by atoms with E-state index in [1.807, 2.05) is 0 Å². The number of carbonyl (C=O) groups is 1. The highest BCUT2D eigenvalue weighted by molar-refractivity contribution is 5.87. The minimum atomic E-state index is -1.01. The molecule has 2 aromatic rings. The number of rotatable bonds is 5. The van der Waals surface area contributed by atoms with Crippen LogP contribution in [0.4, 0.5) is 4.39 Å². The van der Waals surface area contributed by atoms with Gasteiger partial charge in [0, 0.05) is 6.54 Å². The molecule has 0 fully saturated rings. The van der Waals surface area contributed by atoms with Gasteiger partial charge in [-0.05, 0) is 36.6 Å². The fourth-order valence-electron chi connectivity index (χ4n) is 2.05. The van der Waals surface area contributed by atoms with E-state index in [0.717, 1.165) is 5.56 Å². The van der Waals surface area contributed by atoms with Gasteiger partial charge in [-0.25, -0.2) is 9.18 Å². The Morgan fingerprint density at radius 1 is 1.25 bits per heavy atom. The average molecular weight is 277 g/mol. The number of benzene rings is 1. The summed E-state index contributed by atoms with van der Waals surface area (Å²) >= 11 is 0. The highest BCUT2D eigenvalue weighted by atomic mass is 19.1. The van der Waals surface area contributed by atoms with Crippen molar-refractivity contribution >= 4 is 5.97 Å². The van der Waals surface area contributed by atoms with E-state index in [9.17, 15) is 9.18 Å². The first kappa shape index (κ1) is 14.3. The van der Waals surface area contributed by atoms with E-state index in [0.29, 0.717) is 30.0 Å². The number of halogens is 1. The lowest BCUT2D eigenvalue weighted by Crippen LogP contribution is -2.12. The molecular weight excluding hydrogens is 261 g/mol. The number of hydrogen-bond acceptors (Lipinski definition) is 3. The zero-order valence-corrected chi connectivity index (χ0v) is 11.4. The largest absolute Gasteiger partial charge is 0.478 e. The van der Waals surface area contributed by atoms with Gasteiger partial charge in [-0.1, -0.05) is 12.1 Å². The number of carboxylic acids is 1. The molecule has 0 aliphatic rings. The van der Waals surface area contributed by atoms with Gasteiger partial charge in [-0.3, -0.25) is 0 Å². The van der Waals surface area contributed by atoms with Gasteiger partial charge in [0.25, 0.3) is 0 Å². The highest BCUT2D eigenvalue weighted by Crippen LogP contribution is 2.15. The van der Waals surface area contributed by atoms with Crippen LogP contribution < -0.4 is 5.32 Å². The summed E-state index contributed by atoms with van der Waals surface area (Å²) in [6.07, 6.45) is 1.21. The van der Waals surface area contributed by atoms with E-state index in [4.69, 9.17) is 9.52 Å². The molecule has 1 heterocycles. The Balaban J connectivity index is 1.94. The summed E-state index contributed by atoms with van der Waals surface area (Å²) < 4.78 is 18.6. The van der Waals surface area contributed by atoms with Gasteiger partial charge >= 0.3 is 5.97 Å². The molecule has 2 N–H and O–H groups in total. The quantitative estimate of drug-likeness (QED) is 0.881. The molecule has 0 radical (unpaired) electrons. The van der Waals surface area contributed by atoms with E-state index >= 15 is 0 Å². The van der Waals surface area contributed by atoms with Crippen molar-refractivity contribution in [2.24, 2.45) is 0 Å². The standard InChI is InChI=1S/C15H16FNO3/c1-9-3-11(4-10(2)14(9)16)6-17-7-13-5-12(8-20-13)15(18)19/h3-5,8,17H,6-7H2,1-2H3,(H,18,19). The van der Waals surface area contributed by atoms with Crippen LogP contribution in [0, 0.1) is 19.7 Å². The molecule has 0 atom stereocenters. The van der Waals surface area contributed by atoms with Crippen molar-refractivity contribution < 1.29 is 18.7 Å². The predicted octanol–water partition coefficient (Wildman–Crippen LogP) is 3.02. The smallest absolute Gasteiger partial charge is 0.338 e. The van der Waals surface area contributed by atoms with Crippen molar-refractivity contribution in [3.8, 4) is 0 Å². The normalized spacial score (nSPS) is 10.8. The lowest BCUT2D eigenvalue weighted by Gasteiger charge is -2.07. The number of aromatic carboxylic acids is 1. The SMILES string of the molecule is Cc1cc(CNCc2cc(C(=O)O)co2)cc(C)c1F. The minimum Gasteiger partial charge on any atom is -0.478 e. The molecule has 1 aromatic carbocycles. The van der Waals surface area contributed by atoms with Crippen LogP contribution in [0.5, 0.6) is 0 Å². The molecule has 4 nitrogen and oxygen atoms in total. The zero-order valence-electron chi connectivity index (χ0n) is 11.4. The van der Waals surface area contributed by atoms with Crippen LogP contribution in [0.2, 0.25) is 0 Å². The summed E-state index contributed by atoms with van der Waals surface area (Å²) in [7, 11) is 0. The summed E-state index contributed by atoms with van der Waals surface area (Å²) in [5.41, 5.74) is 2.35. The molecule has 2 rings (SSSR count). The number of nitrogens with one attached hydrogen (secondary N) is 1. The monoisotopic (exact) mass is 277 g/mol. The molecule has 0 unspecified atom stereocenters. The Morgan fingerprint density at radius 3 is 2.45 bits per heavy atom. The molecule has 0 spiro atoms. The topological polar surface area (TPSA) is 62.5 Å². The van der Waals surface area contributed by atoms with Crippen LogP contribution in [-0.2, 0) is 13.1 Å². The predicted molar refractivity (Wildman–Crippen MR) is 72.1 cm³/mol. The average Bonchev–Trinajstić information content (AvgIpc) is 2.85. The lowest BCUT2D eigenvalue weighted by molar-refractivity contribution is 0.0696. The molecule has 106 valence electrons. The van der Waals surface area contributed by atoms with Gasteiger partial charge in [0.2, 0.25) is 0 Å². The van der Waals surface area contributed by atoms with E-state index in [2.05, 4.69) is 5.32 Å². The van der Waals surface area contributed by atoms with Gasteiger partial charge in [0.15, 0.2) is 0 Å². The highest BCUT2D eigenvalue weighted by Gasteiger charge is 2.08. The number of hydrogen-bond donors (Lipinski definition) is 2. The van der Waals surface area contributed by atoms with Crippen LogP contribution in [0.25, 0.3) is 0 Å². The lowest BCUT2D eigenvalue weighted by atomic mass is 10.1. The number of carboxylic acid groups (broad SMARTS) is 1. The molecule has 0 saturated heterocycles. The summed E-state index contributed by atoms with van der Waals surface area (Å²) in [6, 6.07) is 5.07. The van der Waals surface area contributed by atoms with E-state index < -0.39 is 5.97 Å². The molecule has 0 amide bonds. The van der Waals surface area contributed by atoms with Crippen molar-refractivity contribution in [1.82, 2.24) is 5.32 Å². The Kier molecular flexibility index (Phi) is 4.20. The molecule has 0 saturated carbocycles. The first-order valence-corrected chi connectivity index (χ1v) is 6.24. The maximum Gasteiger partial charge on any atom is 0.338 e. The van der Waals surface area contributed by atoms with Gasteiger partial charge in [0.05, 0.1) is 12.1 Å². The Bertz CT molecular complexity index is 611. The third-order valence-corrected chi connectivity index (χ3v) is 3.03. The van der Waals surface area contributed by atoms with Crippen LogP contribution in [0.3, 0.4) is 0 Å². The first-order chi connectivity index (χ1) is 9.47. The molecule has 20 heavy (non-hydrogen) atoms. The van der Waals surface area contributed by atoms with Crippen LogP contribution in [-0.4, -0.2) is 11.1 Å². The Labute approximate surface area is 116 Å². The van der Waals surface area contributed by atoms with E-state index in [1.165, 1.54) is 12.3 Å². The molecule has 1 aromatic heterocycles. The van der Waals surface area contributed by atoms with Gasteiger partial charge < -0.3 is 14.8 Å². The van der Waals surface area contributed by atoms with Crippen molar-refractivity contribution in [2.45, 2.75) is 26.9 Å². The van der Waals surface area contributed by atoms with Gasteiger partial charge in [0.1, 0.15) is 17.8 Å². The second-order valence-electron chi connectivity index (χ2n) is 4.75. The van der Waals surface area contributed by atoms with Gasteiger partial charge in [-0.2, -0.15) is 0 Å². The van der Waals surface area contributed by atoms with Gasteiger partial charge in [-0.15, -0.1) is 0 Å². The molecular formula is C15H16FNO3. The Morgan fingerprint density at radius 2 is 1.90 bits per heavy atom. The van der Waals surface area contributed by atoms with Crippen LogP contribution >= 0.6 is 0 Å². The minimum absolute atomic E-state index is 0.135. The summed E-state index contributed by atoms with van der Waals surface area (Å²) in [5.74, 6) is -0.631. The number of aryl methyl sites for hydroxylation is 2. The second kappa shape index (κ2) is 5.88. The van der Waals surface area contributed by atoms with Crippen LogP contribution in [0.1, 0.15) is 32.8 Å². The second-order valence-corrected chi connectivity index (χ2v) is 4.75. The van der Waals surface area contributed by atoms with Crippen molar-refractivity contribution in [3.05, 3.63) is 58.3 Å². The first-order valence-electron chi connectivity index (χ1n) is 6.24. The van der Waals surface area contributed by atoms with Crippen LogP contribution in [0.15, 0.2) is 28.9 Å². The summed E-state index contributed by atoms with van der Waals surface area (Å²) in [5, 5.41) is 11.9. The van der Waals surface area contributed by atoms with Crippen molar-refractivity contribution in [3.63, 3.8) is 0 Å². The third kappa shape index (κ3) is 3.24. The third-order valence-electron chi connectivity index (χ3n) is 3.03. The molecule has 0 aliphatic carbocycles. The molecule has 0 bridgehead atoms. The summed E-state index contributed by atoms with van der Waals surface area (Å²) in [6.45, 7) is 4.45.